The predicted octanol–water partition coefficient (Wildman–Crippen LogP) is 4.48. The summed E-state index contributed by atoms with van der Waals surface area (Å²) in [5.41, 5.74) is 5.41. The highest BCUT2D eigenvalue weighted by atomic mass is 14.4. The molecule has 1 aromatic carbocycles. The van der Waals surface area contributed by atoms with Gasteiger partial charge in [-0.05, 0) is 48.3 Å². The Morgan fingerprint density at radius 1 is 1.12 bits per heavy atom. The molecular formula is C17H18. The van der Waals surface area contributed by atoms with E-state index in [1.807, 2.05) is 13.0 Å². The van der Waals surface area contributed by atoms with Gasteiger partial charge in [0.05, 0.1) is 0 Å². The Kier molecular flexibility index (Phi) is 2.94. The molecule has 1 aliphatic rings. The van der Waals surface area contributed by atoms with Crippen LogP contribution < -0.4 is 0 Å². The third-order valence-corrected chi connectivity index (χ3v) is 3.48. The van der Waals surface area contributed by atoms with Gasteiger partial charge in [-0.15, -0.1) is 0 Å². The van der Waals surface area contributed by atoms with Gasteiger partial charge in [0.25, 0.3) is 0 Å². The number of hydrogen-bond donors (Lipinski definition) is 0. The summed E-state index contributed by atoms with van der Waals surface area (Å²) in [5.74, 6) is 0. The normalized spacial score (nSPS) is 22.1. The van der Waals surface area contributed by atoms with Gasteiger partial charge < -0.3 is 0 Å². The molecule has 86 valence electrons. The maximum absolute atomic E-state index is 3.07. The van der Waals surface area contributed by atoms with Crippen LogP contribution in [0.2, 0.25) is 0 Å². The van der Waals surface area contributed by atoms with Crippen molar-refractivity contribution in [2.75, 3.05) is 0 Å². The van der Waals surface area contributed by atoms with Crippen LogP contribution in [0.3, 0.4) is 0 Å². The highest BCUT2D eigenvalue weighted by molar-refractivity contribution is 5.89. The van der Waals surface area contributed by atoms with Crippen LogP contribution in [-0.4, -0.2) is 0 Å². The summed E-state index contributed by atoms with van der Waals surface area (Å²) >= 11 is 0. The summed E-state index contributed by atoms with van der Waals surface area (Å²) in [6.45, 7) is 8.69. The Labute approximate surface area is 104 Å². The van der Waals surface area contributed by atoms with Gasteiger partial charge in [-0.1, -0.05) is 50.3 Å². The second-order valence-corrected chi connectivity index (χ2v) is 4.84. The van der Waals surface area contributed by atoms with Crippen LogP contribution in [0.5, 0.6) is 0 Å². The number of allylic oxidation sites excluding steroid dienone is 6. The second-order valence-electron chi connectivity index (χ2n) is 4.84. The van der Waals surface area contributed by atoms with Crippen LogP contribution in [0.25, 0.3) is 5.57 Å². The van der Waals surface area contributed by atoms with E-state index in [0.717, 1.165) is 0 Å². The van der Waals surface area contributed by atoms with E-state index < -0.39 is 0 Å². The summed E-state index contributed by atoms with van der Waals surface area (Å²) in [4.78, 5) is 0. The zero-order valence-corrected chi connectivity index (χ0v) is 11.0. The molecule has 0 saturated heterocycles. The Morgan fingerprint density at radius 2 is 1.82 bits per heavy atom. The molecule has 0 heterocycles. The van der Waals surface area contributed by atoms with E-state index in [2.05, 4.69) is 63.3 Å². The summed E-state index contributed by atoms with van der Waals surface area (Å²) < 4.78 is 0. The maximum Gasteiger partial charge on any atom is 0.0162 e. The third kappa shape index (κ3) is 1.72. The Morgan fingerprint density at radius 3 is 2.47 bits per heavy atom. The van der Waals surface area contributed by atoms with Crippen molar-refractivity contribution >= 4 is 5.57 Å². The molecule has 0 atom stereocenters. The van der Waals surface area contributed by atoms with Gasteiger partial charge in [-0.2, -0.15) is 0 Å². The molecule has 1 aliphatic carbocycles. The number of fused-ring (bicyclic) bond motifs is 1. The number of hydrogen-bond acceptors (Lipinski definition) is 0. The van der Waals surface area contributed by atoms with Gasteiger partial charge in [0.2, 0.25) is 0 Å². The lowest BCUT2D eigenvalue weighted by atomic mass is 9.82. The molecule has 0 spiro atoms. The predicted molar refractivity (Wildman–Crippen MR) is 73.7 cm³/mol. The first kappa shape index (κ1) is 11.7. The minimum absolute atomic E-state index is 0.0725. The fraction of sp³-hybridized carbons (Fsp3) is 0.294. The fourth-order valence-electron chi connectivity index (χ4n) is 2.64. The topological polar surface area (TPSA) is 0 Å². The highest BCUT2D eigenvalue weighted by Gasteiger charge is 2.36. The molecule has 0 N–H and O–H groups in total. The van der Waals surface area contributed by atoms with Gasteiger partial charge in [0.1, 0.15) is 0 Å². The van der Waals surface area contributed by atoms with Crippen LogP contribution >= 0.6 is 0 Å². The van der Waals surface area contributed by atoms with E-state index >= 15 is 0 Å². The van der Waals surface area contributed by atoms with E-state index in [4.69, 9.17) is 0 Å². The van der Waals surface area contributed by atoms with Crippen LogP contribution in [0.15, 0.2) is 42.0 Å². The zero-order chi connectivity index (χ0) is 12.5. The molecule has 17 heavy (non-hydrogen) atoms. The number of rotatable bonds is 1. The summed E-state index contributed by atoms with van der Waals surface area (Å²) in [7, 11) is 0. The van der Waals surface area contributed by atoms with Gasteiger partial charge in [0.15, 0.2) is 0 Å². The molecular weight excluding hydrogens is 204 g/mol. The smallest absolute Gasteiger partial charge is 0.0162 e. The Bertz CT molecular complexity index is 511. The molecule has 0 radical (unpaired) electrons. The second kappa shape index (κ2) is 4.26. The maximum atomic E-state index is 3.07. The Hall–Kier alpha value is -1.74. The van der Waals surface area contributed by atoms with Crippen molar-refractivity contribution in [3.63, 3.8) is 0 Å². The van der Waals surface area contributed by atoms with Crippen molar-refractivity contribution in [2.24, 2.45) is 0 Å². The standard InChI is InChI=1S/C17H18/c1-5-7-10-13-14-11-8-9-12-16(14)17(3,4)15(13)6-2/h5-7,10-12H,1-4H3/b7-5-,13-10-,15-6+. The van der Waals surface area contributed by atoms with Crippen LogP contribution in [-0.2, 0) is 5.41 Å². The zero-order valence-electron chi connectivity index (χ0n) is 11.0. The van der Waals surface area contributed by atoms with Crippen molar-refractivity contribution in [3.05, 3.63) is 65.3 Å². The molecule has 0 nitrogen and oxygen atoms in total. The molecule has 0 heteroatoms. The first-order valence-electron chi connectivity index (χ1n) is 6.05. The van der Waals surface area contributed by atoms with E-state index in [-0.39, 0.29) is 5.41 Å². The molecule has 0 fully saturated rings. The molecule has 0 saturated carbocycles. The van der Waals surface area contributed by atoms with E-state index in [0.29, 0.717) is 0 Å². The molecule has 0 bridgehead atoms. The Balaban J connectivity index is 2.70. The minimum Gasteiger partial charge on any atom is -0.0876 e. The van der Waals surface area contributed by atoms with Gasteiger partial charge >= 0.3 is 0 Å². The lowest BCUT2D eigenvalue weighted by Gasteiger charge is -2.21. The fourth-order valence-corrected chi connectivity index (χ4v) is 2.64. The van der Waals surface area contributed by atoms with Gasteiger partial charge in [0, 0.05) is 5.41 Å². The molecule has 0 unspecified atom stereocenters. The monoisotopic (exact) mass is 222 g/mol. The first-order valence-corrected chi connectivity index (χ1v) is 6.05. The van der Waals surface area contributed by atoms with Crippen molar-refractivity contribution < 1.29 is 0 Å². The lowest BCUT2D eigenvalue weighted by Crippen LogP contribution is -2.14. The average Bonchev–Trinajstić information content (AvgIpc) is 2.55. The van der Waals surface area contributed by atoms with Crippen LogP contribution in [0.1, 0.15) is 38.8 Å². The third-order valence-electron chi connectivity index (χ3n) is 3.48. The largest absolute Gasteiger partial charge is 0.0876 e. The van der Waals surface area contributed by atoms with Gasteiger partial charge in [-0.3, -0.25) is 0 Å². The summed E-state index contributed by atoms with van der Waals surface area (Å²) in [6.07, 6.45) is 8.57. The van der Waals surface area contributed by atoms with Crippen LogP contribution in [0.4, 0.5) is 0 Å². The highest BCUT2D eigenvalue weighted by Crippen LogP contribution is 2.48. The minimum atomic E-state index is 0.0725. The molecule has 0 aliphatic heterocycles. The van der Waals surface area contributed by atoms with Crippen LogP contribution in [0, 0.1) is 12.1 Å². The molecule has 0 aromatic heterocycles. The summed E-state index contributed by atoms with van der Waals surface area (Å²) in [6, 6.07) is 10.2. The van der Waals surface area contributed by atoms with Crippen molar-refractivity contribution in [1.29, 1.82) is 0 Å². The van der Waals surface area contributed by atoms with E-state index in [1.165, 1.54) is 22.3 Å². The van der Waals surface area contributed by atoms with E-state index in [1.54, 1.807) is 0 Å². The van der Waals surface area contributed by atoms with Gasteiger partial charge in [-0.25, -0.2) is 0 Å². The van der Waals surface area contributed by atoms with Crippen molar-refractivity contribution in [1.82, 2.24) is 0 Å². The van der Waals surface area contributed by atoms with Crippen molar-refractivity contribution in [3.8, 4) is 0 Å². The quantitative estimate of drug-likeness (QED) is 0.657. The molecule has 0 amide bonds. The van der Waals surface area contributed by atoms with E-state index in [9.17, 15) is 0 Å². The van der Waals surface area contributed by atoms with Crippen molar-refractivity contribution in [2.45, 2.75) is 33.1 Å². The average molecular weight is 222 g/mol. The molecule has 2 rings (SSSR count). The SMILES string of the molecule is C\C=C/C=C1\C(=C/C)C(C)(C)c2cc#ccc21. The molecule has 1 aromatic rings. The summed E-state index contributed by atoms with van der Waals surface area (Å²) in [5, 5.41) is 0. The lowest BCUT2D eigenvalue weighted by molar-refractivity contribution is 0.660. The first-order chi connectivity index (χ1) is 8.12.